The van der Waals surface area contributed by atoms with Crippen molar-refractivity contribution < 1.29 is 19.1 Å². The maximum atomic E-state index is 12.4. The average Bonchev–Trinajstić information content (AvgIpc) is 2.64. The molecule has 0 saturated heterocycles. The molecule has 0 aromatic heterocycles. The Balaban J connectivity index is 1.73. The predicted octanol–water partition coefficient (Wildman–Crippen LogP) is 3.18. The van der Waals surface area contributed by atoms with Gasteiger partial charge in [-0.05, 0) is 42.8 Å². The van der Waals surface area contributed by atoms with Crippen molar-refractivity contribution in [2.45, 2.75) is 13.3 Å². The van der Waals surface area contributed by atoms with Gasteiger partial charge in [0.15, 0.2) is 6.61 Å². The molecule has 2 aromatic rings. The third-order valence-corrected chi connectivity index (χ3v) is 4.14. The van der Waals surface area contributed by atoms with Gasteiger partial charge in [0.1, 0.15) is 11.5 Å². The third-order valence-electron chi connectivity index (χ3n) is 4.14. The van der Waals surface area contributed by atoms with E-state index in [0.29, 0.717) is 23.7 Å². The van der Waals surface area contributed by atoms with E-state index in [1.54, 1.807) is 30.2 Å². The Hall–Kier alpha value is -3.28. The molecule has 0 saturated carbocycles. The van der Waals surface area contributed by atoms with Crippen LogP contribution in [0.4, 0.5) is 11.4 Å². The number of hydrogen-bond donors (Lipinski definition) is 1. The summed E-state index contributed by atoms with van der Waals surface area (Å²) in [5.74, 6) is 1.09. The molecule has 0 unspecified atom stereocenters. The number of carbonyl (C=O) groups excluding carboxylic acids is 2. The molecule has 6 nitrogen and oxygen atoms in total. The van der Waals surface area contributed by atoms with Gasteiger partial charge >= 0.3 is 0 Å². The van der Waals surface area contributed by atoms with Crippen molar-refractivity contribution in [2.75, 3.05) is 30.5 Å². The molecule has 0 bridgehead atoms. The van der Waals surface area contributed by atoms with Gasteiger partial charge in [0, 0.05) is 12.2 Å². The third kappa shape index (κ3) is 4.47. The van der Waals surface area contributed by atoms with Crippen molar-refractivity contribution in [2.24, 2.45) is 0 Å². The van der Waals surface area contributed by atoms with Gasteiger partial charge in [0.2, 0.25) is 5.91 Å². The number of benzene rings is 2. The Bertz CT molecular complexity index is 874. The van der Waals surface area contributed by atoms with Gasteiger partial charge in [-0.25, -0.2) is 0 Å². The number of nitrogens with one attached hydrogen (secondary N) is 1. The van der Waals surface area contributed by atoms with Crippen LogP contribution in [0, 0.1) is 0 Å². The first-order valence-corrected chi connectivity index (χ1v) is 8.60. The first kappa shape index (κ1) is 18.5. The minimum absolute atomic E-state index is 0.00343. The lowest BCUT2D eigenvalue weighted by atomic mass is 10.1. The molecule has 0 radical (unpaired) electrons. The van der Waals surface area contributed by atoms with Crippen LogP contribution in [0.3, 0.4) is 0 Å². The second-order valence-electron chi connectivity index (χ2n) is 6.48. The van der Waals surface area contributed by atoms with Crippen LogP contribution in [0.25, 0.3) is 0 Å². The molecule has 0 aliphatic carbocycles. The molecule has 27 heavy (non-hydrogen) atoms. The molecule has 0 fully saturated rings. The molecule has 6 heteroatoms. The maximum Gasteiger partial charge on any atom is 0.265 e. The van der Waals surface area contributed by atoms with Crippen molar-refractivity contribution in [3.63, 3.8) is 0 Å². The number of fused-ring (bicyclic) bond motifs is 1. The van der Waals surface area contributed by atoms with Crippen LogP contribution in [-0.2, 0) is 16.0 Å². The van der Waals surface area contributed by atoms with Crippen molar-refractivity contribution in [1.29, 1.82) is 0 Å². The Kier molecular flexibility index (Phi) is 5.45. The highest BCUT2D eigenvalue weighted by molar-refractivity contribution is 6.00. The summed E-state index contributed by atoms with van der Waals surface area (Å²) >= 11 is 0. The van der Waals surface area contributed by atoms with E-state index in [2.05, 4.69) is 11.9 Å². The zero-order chi connectivity index (χ0) is 19.4. The van der Waals surface area contributed by atoms with E-state index in [1.165, 1.54) is 0 Å². The summed E-state index contributed by atoms with van der Waals surface area (Å²) in [6.45, 7) is 6.16. The average molecular weight is 366 g/mol. The number of nitrogens with zero attached hydrogens (tertiary/aromatic N) is 1. The van der Waals surface area contributed by atoms with Crippen LogP contribution in [0.5, 0.6) is 11.5 Å². The fourth-order valence-electron chi connectivity index (χ4n) is 2.86. The number of anilines is 2. The predicted molar refractivity (Wildman–Crippen MR) is 104 cm³/mol. The molecule has 3 rings (SSSR count). The lowest BCUT2D eigenvalue weighted by molar-refractivity contribution is -0.121. The first-order valence-electron chi connectivity index (χ1n) is 8.60. The monoisotopic (exact) mass is 366 g/mol. The van der Waals surface area contributed by atoms with Crippen LogP contribution in [0.15, 0.2) is 54.6 Å². The van der Waals surface area contributed by atoms with E-state index in [1.807, 2.05) is 31.2 Å². The van der Waals surface area contributed by atoms with E-state index in [0.717, 1.165) is 16.9 Å². The van der Waals surface area contributed by atoms with Crippen LogP contribution in [-0.4, -0.2) is 32.1 Å². The summed E-state index contributed by atoms with van der Waals surface area (Å²) in [5.41, 5.74) is 2.99. The lowest BCUT2D eigenvalue weighted by Crippen LogP contribution is -2.39. The summed E-state index contributed by atoms with van der Waals surface area (Å²) in [7, 11) is 1.60. The van der Waals surface area contributed by atoms with Gasteiger partial charge in [-0.2, -0.15) is 0 Å². The van der Waals surface area contributed by atoms with E-state index in [-0.39, 0.29) is 24.8 Å². The van der Waals surface area contributed by atoms with Crippen LogP contribution in [0.1, 0.15) is 12.5 Å². The highest BCUT2D eigenvalue weighted by Crippen LogP contribution is 2.35. The second kappa shape index (κ2) is 7.95. The molecule has 0 atom stereocenters. The number of hydrogen-bond acceptors (Lipinski definition) is 4. The fourth-order valence-corrected chi connectivity index (χ4v) is 2.86. The van der Waals surface area contributed by atoms with Gasteiger partial charge in [-0.1, -0.05) is 24.3 Å². The van der Waals surface area contributed by atoms with E-state index in [4.69, 9.17) is 9.47 Å². The van der Waals surface area contributed by atoms with Gasteiger partial charge < -0.3 is 19.7 Å². The van der Waals surface area contributed by atoms with E-state index in [9.17, 15) is 9.59 Å². The van der Waals surface area contributed by atoms with Crippen molar-refractivity contribution in [3.8, 4) is 11.5 Å². The van der Waals surface area contributed by atoms with E-state index >= 15 is 0 Å². The molecular formula is C21H22N2O4. The number of methoxy groups -OCH3 is 1. The van der Waals surface area contributed by atoms with Gasteiger partial charge in [0.25, 0.3) is 5.91 Å². The summed E-state index contributed by atoms with van der Waals surface area (Å²) in [6, 6.07) is 12.6. The topological polar surface area (TPSA) is 67.9 Å². The van der Waals surface area contributed by atoms with Gasteiger partial charge in [0.05, 0.1) is 19.2 Å². The molecule has 1 N–H and O–H groups in total. The summed E-state index contributed by atoms with van der Waals surface area (Å²) in [6.07, 6.45) is 0.242. The van der Waals surface area contributed by atoms with Crippen LogP contribution < -0.4 is 19.7 Å². The minimum Gasteiger partial charge on any atom is -0.497 e. The zero-order valence-electron chi connectivity index (χ0n) is 15.5. The Morgan fingerprint density at radius 3 is 2.67 bits per heavy atom. The Morgan fingerprint density at radius 1 is 1.26 bits per heavy atom. The normalized spacial score (nSPS) is 12.8. The van der Waals surface area contributed by atoms with Crippen molar-refractivity contribution in [3.05, 3.63) is 60.2 Å². The summed E-state index contributed by atoms with van der Waals surface area (Å²) < 4.78 is 10.6. The molecular weight excluding hydrogens is 344 g/mol. The number of amides is 2. The van der Waals surface area contributed by atoms with E-state index < -0.39 is 0 Å². The quantitative estimate of drug-likeness (QED) is 0.798. The molecule has 0 spiro atoms. The molecule has 2 aromatic carbocycles. The lowest BCUT2D eigenvalue weighted by Gasteiger charge is -2.30. The molecule has 140 valence electrons. The van der Waals surface area contributed by atoms with Crippen LogP contribution >= 0.6 is 0 Å². The SMILES string of the molecule is C=C(C)CN1C(=O)COc2ccc(NC(=O)Cc3ccc(OC)cc3)cc21. The highest BCUT2D eigenvalue weighted by Gasteiger charge is 2.25. The zero-order valence-corrected chi connectivity index (χ0v) is 15.5. The number of carbonyl (C=O) groups is 2. The Labute approximate surface area is 158 Å². The Morgan fingerprint density at radius 2 is 2.00 bits per heavy atom. The maximum absolute atomic E-state index is 12.4. The molecule has 2 amide bonds. The summed E-state index contributed by atoms with van der Waals surface area (Å²) in [5, 5.41) is 2.87. The first-order chi connectivity index (χ1) is 13.0. The molecule has 1 aliphatic heterocycles. The number of ether oxygens (including phenoxy) is 2. The number of rotatable bonds is 6. The fraction of sp³-hybridized carbons (Fsp3) is 0.238. The summed E-state index contributed by atoms with van der Waals surface area (Å²) in [4.78, 5) is 26.2. The second-order valence-corrected chi connectivity index (χ2v) is 6.48. The standard InChI is InChI=1S/C21H22N2O4/c1-14(2)12-23-18-11-16(6-9-19(18)27-13-21(23)25)22-20(24)10-15-4-7-17(26-3)8-5-15/h4-9,11H,1,10,12-13H2,2-3H3,(H,22,24). The highest BCUT2D eigenvalue weighted by atomic mass is 16.5. The van der Waals surface area contributed by atoms with Gasteiger partial charge in [-0.15, -0.1) is 0 Å². The largest absolute Gasteiger partial charge is 0.497 e. The van der Waals surface area contributed by atoms with Gasteiger partial charge in [-0.3, -0.25) is 9.59 Å². The minimum atomic E-state index is -0.144. The molecule has 1 heterocycles. The van der Waals surface area contributed by atoms with Crippen molar-refractivity contribution in [1.82, 2.24) is 0 Å². The smallest absolute Gasteiger partial charge is 0.265 e. The van der Waals surface area contributed by atoms with Crippen LogP contribution in [0.2, 0.25) is 0 Å². The van der Waals surface area contributed by atoms with Crippen molar-refractivity contribution >= 4 is 23.2 Å². The molecule has 1 aliphatic rings.